The first kappa shape index (κ1) is 14.9. The van der Waals surface area contributed by atoms with Gasteiger partial charge in [-0.1, -0.05) is 28.9 Å². The third-order valence-corrected chi connectivity index (χ3v) is 2.43. The van der Waals surface area contributed by atoms with Gasteiger partial charge in [-0.05, 0) is 53.5 Å². The summed E-state index contributed by atoms with van der Waals surface area (Å²) in [4.78, 5) is 11.5. The van der Waals surface area contributed by atoms with Crippen molar-refractivity contribution in [3.8, 4) is 0 Å². The average Bonchev–Trinajstić information content (AvgIpc) is 2.15. The molecule has 1 heteroatoms. The summed E-state index contributed by atoms with van der Waals surface area (Å²) in [6.45, 7) is 10.1. The molecule has 0 radical (unpaired) electrons. The van der Waals surface area contributed by atoms with Crippen molar-refractivity contribution >= 4 is 5.78 Å². The first-order valence-corrected chi connectivity index (χ1v) is 5.91. The molecule has 0 saturated carbocycles. The van der Waals surface area contributed by atoms with Crippen LogP contribution in [0.25, 0.3) is 0 Å². The normalized spacial score (nSPS) is 12.6. The highest BCUT2D eigenvalue weighted by atomic mass is 16.1. The standard InChI is InChI=1S/C15H24O/c1-6-13(4)8-7-9-14(5)11-15(16)10-12(2)3/h6,9-10H,7-8,11H2,1-5H3. The van der Waals surface area contributed by atoms with E-state index in [1.807, 2.05) is 20.8 Å². The summed E-state index contributed by atoms with van der Waals surface area (Å²) in [5, 5.41) is 0. The topological polar surface area (TPSA) is 17.1 Å². The molecule has 16 heavy (non-hydrogen) atoms. The van der Waals surface area contributed by atoms with Crippen LogP contribution < -0.4 is 0 Å². The lowest BCUT2D eigenvalue weighted by molar-refractivity contribution is -0.114. The third kappa shape index (κ3) is 8.22. The molecule has 1 nitrogen and oxygen atoms in total. The van der Waals surface area contributed by atoms with Crippen LogP contribution in [-0.2, 0) is 4.79 Å². The summed E-state index contributed by atoms with van der Waals surface area (Å²) in [5.74, 6) is 0.205. The van der Waals surface area contributed by atoms with Crippen LogP contribution in [0.3, 0.4) is 0 Å². The van der Waals surface area contributed by atoms with Gasteiger partial charge in [0.2, 0.25) is 0 Å². The van der Waals surface area contributed by atoms with Gasteiger partial charge in [-0.25, -0.2) is 0 Å². The van der Waals surface area contributed by atoms with Crippen molar-refractivity contribution in [1.29, 1.82) is 0 Å². The Morgan fingerprint density at radius 2 is 1.69 bits per heavy atom. The highest BCUT2D eigenvalue weighted by Gasteiger charge is 1.98. The predicted molar refractivity (Wildman–Crippen MR) is 71.5 cm³/mol. The molecule has 0 bridgehead atoms. The molecule has 0 unspecified atom stereocenters. The van der Waals surface area contributed by atoms with E-state index < -0.39 is 0 Å². The van der Waals surface area contributed by atoms with E-state index in [0.29, 0.717) is 6.42 Å². The molecule has 0 atom stereocenters. The van der Waals surface area contributed by atoms with Crippen LogP contribution in [0.4, 0.5) is 0 Å². The Bertz CT molecular complexity index is 312. The summed E-state index contributed by atoms with van der Waals surface area (Å²) >= 11 is 0. The molecule has 0 aliphatic heterocycles. The lowest BCUT2D eigenvalue weighted by Gasteiger charge is -2.00. The Morgan fingerprint density at radius 1 is 1.06 bits per heavy atom. The van der Waals surface area contributed by atoms with E-state index in [2.05, 4.69) is 26.0 Å². The highest BCUT2D eigenvalue weighted by molar-refractivity contribution is 5.91. The van der Waals surface area contributed by atoms with Gasteiger partial charge in [-0.2, -0.15) is 0 Å². The molecule has 0 aromatic heterocycles. The Labute approximate surface area is 99.9 Å². The predicted octanol–water partition coefficient (Wildman–Crippen LogP) is 4.60. The molecule has 0 aromatic carbocycles. The number of ketones is 1. The van der Waals surface area contributed by atoms with Crippen molar-refractivity contribution in [1.82, 2.24) is 0 Å². The van der Waals surface area contributed by atoms with E-state index in [0.717, 1.165) is 18.4 Å². The Morgan fingerprint density at radius 3 is 2.19 bits per heavy atom. The third-order valence-electron chi connectivity index (χ3n) is 2.43. The van der Waals surface area contributed by atoms with Crippen molar-refractivity contribution in [3.05, 3.63) is 34.9 Å². The molecule has 0 fully saturated rings. The number of rotatable bonds is 6. The molecule has 0 heterocycles. The SMILES string of the molecule is CC=C(C)CCC=C(C)CC(=O)C=C(C)C. The average molecular weight is 220 g/mol. The minimum absolute atomic E-state index is 0.205. The largest absolute Gasteiger partial charge is 0.295 e. The quantitative estimate of drug-likeness (QED) is 0.472. The lowest BCUT2D eigenvalue weighted by Crippen LogP contribution is -1.94. The van der Waals surface area contributed by atoms with Gasteiger partial charge in [0.1, 0.15) is 0 Å². The number of carbonyl (C=O) groups is 1. The van der Waals surface area contributed by atoms with E-state index in [-0.39, 0.29) is 5.78 Å². The zero-order valence-electron chi connectivity index (χ0n) is 11.3. The zero-order valence-corrected chi connectivity index (χ0v) is 11.3. The van der Waals surface area contributed by atoms with Gasteiger partial charge < -0.3 is 0 Å². The van der Waals surface area contributed by atoms with Crippen molar-refractivity contribution < 1.29 is 4.79 Å². The van der Waals surface area contributed by atoms with Crippen molar-refractivity contribution in [2.75, 3.05) is 0 Å². The minimum Gasteiger partial charge on any atom is -0.295 e. The van der Waals surface area contributed by atoms with Gasteiger partial charge in [0.25, 0.3) is 0 Å². The molecule has 0 aliphatic carbocycles. The monoisotopic (exact) mass is 220 g/mol. The highest BCUT2D eigenvalue weighted by Crippen LogP contribution is 2.09. The van der Waals surface area contributed by atoms with Gasteiger partial charge >= 0.3 is 0 Å². The maximum Gasteiger partial charge on any atom is 0.159 e. The Balaban J connectivity index is 4.06. The first-order valence-electron chi connectivity index (χ1n) is 5.91. The summed E-state index contributed by atoms with van der Waals surface area (Å²) < 4.78 is 0. The van der Waals surface area contributed by atoms with Crippen LogP contribution in [0.2, 0.25) is 0 Å². The van der Waals surface area contributed by atoms with Gasteiger partial charge in [0, 0.05) is 6.42 Å². The number of allylic oxidation sites excluding steroid dienone is 6. The fraction of sp³-hybridized carbons (Fsp3) is 0.533. The van der Waals surface area contributed by atoms with Gasteiger partial charge in [0.15, 0.2) is 5.78 Å². The molecule has 0 aliphatic rings. The fourth-order valence-electron chi connectivity index (χ4n) is 1.41. The Hall–Kier alpha value is -1.11. The summed E-state index contributed by atoms with van der Waals surface area (Å²) in [6.07, 6.45) is 8.70. The van der Waals surface area contributed by atoms with Crippen LogP contribution in [0, 0.1) is 0 Å². The second-order valence-electron chi connectivity index (χ2n) is 4.59. The Kier molecular flexibility index (Phi) is 7.53. The number of hydrogen-bond acceptors (Lipinski definition) is 1. The molecule has 0 spiro atoms. The van der Waals surface area contributed by atoms with Crippen LogP contribution in [0.5, 0.6) is 0 Å². The summed E-state index contributed by atoms with van der Waals surface area (Å²) in [7, 11) is 0. The minimum atomic E-state index is 0.205. The molecule has 0 amide bonds. The molecule has 0 rings (SSSR count). The molecular formula is C15H24O. The maximum absolute atomic E-state index is 11.5. The number of hydrogen-bond donors (Lipinski definition) is 0. The smallest absolute Gasteiger partial charge is 0.159 e. The summed E-state index contributed by atoms with van der Waals surface area (Å²) in [6, 6.07) is 0. The number of carbonyl (C=O) groups excluding carboxylic acids is 1. The maximum atomic E-state index is 11.5. The zero-order chi connectivity index (χ0) is 12.6. The van der Waals surface area contributed by atoms with Crippen LogP contribution in [-0.4, -0.2) is 5.78 Å². The lowest BCUT2D eigenvalue weighted by atomic mass is 10.1. The first-order chi connectivity index (χ1) is 7.45. The van der Waals surface area contributed by atoms with Gasteiger partial charge in [0.05, 0.1) is 0 Å². The van der Waals surface area contributed by atoms with E-state index in [1.54, 1.807) is 6.08 Å². The van der Waals surface area contributed by atoms with Gasteiger partial charge in [-0.15, -0.1) is 0 Å². The van der Waals surface area contributed by atoms with E-state index in [1.165, 1.54) is 11.1 Å². The fourth-order valence-corrected chi connectivity index (χ4v) is 1.41. The van der Waals surface area contributed by atoms with E-state index >= 15 is 0 Å². The molecule has 0 N–H and O–H groups in total. The van der Waals surface area contributed by atoms with Crippen molar-refractivity contribution in [3.63, 3.8) is 0 Å². The van der Waals surface area contributed by atoms with E-state index in [4.69, 9.17) is 0 Å². The molecule has 90 valence electrons. The van der Waals surface area contributed by atoms with Crippen LogP contribution in [0.15, 0.2) is 34.9 Å². The van der Waals surface area contributed by atoms with Crippen LogP contribution >= 0.6 is 0 Å². The second-order valence-corrected chi connectivity index (χ2v) is 4.59. The van der Waals surface area contributed by atoms with Crippen molar-refractivity contribution in [2.24, 2.45) is 0 Å². The molecular weight excluding hydrogens is 196 g/mol. The van der Waals surface area contributed by atoms with E-state index in [9.17, 15) is 4.79 Å². The van der Waals surface area contributed by atoms with Crippen LogP contribution in [0.1, 0.15) is 53.9 Å². The molecule has 0 saturated heterocycles. The molecule has 0 aromatic rings. The van der Waals surface area contributed by atoms with Gasteiger partial charge in [-0.3, -0.25) is 4.79 Å². The summed E-state index contributed by atoms with van der Waals surface area (Å²) in [5.41, 5.74) is 3.65. The second kappa shape index (κ2) is 8.09. The van der Waals surface area contributed by atoms with Crippen molar-refractivity contribution in [2.45, 2.75) is 53.9 Å².